The van der Waals surface area contributed by atoms with Gasteiger partial charge in [-0.3, -0.25) is 4.79 Å². The van der Waals surface area contributed by atoms with E-state index in [2.05, 4.69) is 6.42 Å². The predicted molar refractivity (Wildman–Crippen MR) is 20.9 cm³/mol. The molecule has 0 aromatic heterocycles. The maximum Gasteiger partial charge on any atom is 0.169 e. The van der Waals surface area contributed by atoms with E-state index >= 15 is 0 Å². The van der Waals surface area contributed by atoms with Gasteiger partial charge >= 0.3 is 0 Å². The number of aldehydes is 1. The van der Waals surface area contributed by atoms with Gasteiger partial charge in [0.1, 0.15) is 0 Å². The molecule has 6 heavy (non-hydrogen) atoms. The molecule has 2 nitrogen and oxygen atoms in total. The van der Waals surface area contributed by atoms with Crippen molar-refractivity contribution in [1.82, 2.24) is 0 Å². The van der Waals surface area contributed by atoms with Crippen molar-refractivity contribution in [3.63, 3.8) is 0 Å². The topological polar surface area (TPSA) is 37.3 Å². The van der Waals surface area contributed by atoms with Crippen LogP contribution in [0.1, 0.15) is 0 Å². The van der Waals surface area contributed by atoms with E-state index in [1.165, 1.54) is 0 Å². The first-order valence-corrected chi connectivity index (χ1v) is 1.40. The Hall–Kier alpha value is -0.810. The van der Waals surface area contributed by atoms with E-state index in [1.54, 1.807) is 5.92 Å². The lowest BCUT2D eigenvalue weighted by Gasteiger charge is -1.80. The van der Waals surface area contributed by atoms with Crippen molar-refractivity contribution >= 4 is 6.29 Å². The zero-order valence-corrected chi connectivity index (χ0v) is 3.09. The van der Waals surface area contributed by atoms with Crippen LogP contribution in [0.25, 0.3) is 0 Å². The molecule has 0 bridgehead atoms. The van der Waals surface area contributed by atoms with Crippen molar-refractivity contribution < 1.29 is 9.90 Å². The monoisotopic (exact) mass is 84.0 g/mol. The standard InChI is InChI=1S/C4H4O2/c1-2-4(6)3-5/h1,3-4,6H. The molecule has 1 atom stereocenters. The maximum absolute atomic E-state index is 9.34. The summed E-state index contributed by atoms with van der Waals surface area (Å²) >= 11 is 0. The van der Waals surface area contributed by atoms with E-state index in [-0.39, 0.29) is 0 Å². The third-order valence-electron chi connectivity index (χ3n) is 0.300. The summed E-state index contributed by atoms with van der Waals surface area (Å²) in [5.74, 6) is 1.80. The third kappa shape index (κ3) is 1.50. The summed E-state index contributed by atoms with van der Waals surface area (Å²) in [6.45, 7) is 0. The van der Waals surface area contributed by atoms with Crippen LogP contribution >= 0.6 is 0 Å². The molecule has 0 radical (unpaired) electrons. The van der Waals surface area contributed by atoms with Crippen LogP contribution in [0.3, 0.4) is 0 Å². The van der Waals surface area contributed by atoms with Crippen LogP contribution in [0.2, 0.25) is 0 Å². The van der Waals surface area contributed by atoms with Gasteiger partial charge in [-0.2, -0.15) is 0 Å². The lowest BCUT2D eigenvalue weighted by molar-refractivity contribution is -0.112. The summed E-state index contributed by atoms with van der Waals surface area (Å²) in [6.07, 6.45) is 3.63. The van der Waals surface area contributed by atoms with Crippen molar-refractivity contribution in [2.75, 3.05) is 0 Å². The van der Waals surface area contributed by atoms with Crippen molar-refractivity contribution in [3.8, 4) is 12.3 Å². The molecule has 0 aliphatic rings. The number of hydrogen-bond donors (Lipinski definition) is 1. The first-order valence-electron chi connectivity index (χ1n) is 1.40. The minimum absolute atomic E-state index is 0.292. The third-order valence-corrected chi connectivity index (χ3v) is 0.300. The number of rotatable bonds is 1. The SMILES string of the molecule is C#CC(O)C=O. The van der Waals surface area contributed by atoms with Crippen LogP contribution in [0.15, 0.2) is 0 Å². The fourth-order valence-corrected chi connectivity index (χ4v) is 0.0393. The normalized spacial score (nSPS) is 12.0. The second-order valence-corrected chi connectivity index (χ2v) is 0.748. The predicted octanol–water partition coefficient (Wildman–Crippen LogP) is -0.821. The second-order valence-electron chi connectivity index (χ2n) is 0.748. The maximum atomic E-state index is 9.34. The van der Waals surface area contributed by atoms with Crippen LogP contribution in [0.5, 0.6) is 0 Å². The Morgan fingerprint density at radius 2 is 2.50 bits per heavy atom. The highest BCUT2D eigenvalue weighted by atomic mass is 16.3. The molecule has 2 heteroatoms. The summed E-state index contributed by atoms with van der Waals surface area (Å²) in [5.41, 5.74) is 0. The largest absolute Gasteiger partial charge is 0.373 e. The summed E-state index contributed by atoms with van der Waals surface area (Å²) in [7, 11) is 0. The molecule has 0 saturated carbocycles. The summed E-state index contributed by atoms with van der Waals surface area (Å²) in [4.78, 5) is 9.34. The van der Waals surface area contributed by atoms with Gasteiger partial charge in [0.25, 0.3) is 0 Å². The molecule has 0 amide bonds. The van der Waals surface area contributed by atoms with E-state index in [0.717, 1.165) is 0 Å². The average molecular weight is 84.1 g/mol. The van der Waals surface area contributed by atoms with Crippen molar-refractivity contribution in [2.45, 2.75) is 6.10 Å². The molecule has 0 aliphatic carbocycles. The Bertz CT molecular complexity index is 80.0. The van der Waals surface area contributed by atoms with Crippen LogP contribution < -0.4 is 0 Å². The Morgan fingerprint density at radius 3 is 2.50 bits per heavy atom. The first-order chi connectivity index (χ1) is 2.81. The van der Waals surface area contributed by atoms with E-state index < -0.39 is 6.10 Å². The van der Waals surface area contributed by atoms with Gasteiger partial charge in [-0.15, -0.1) is 6.42 Å². The molecule has 0 spiro atoms. The van der Waals surface area contributed by atoms with Gasteiger partial charge in [0, 0.05) is 0 Å². The van der Waals surface area contributed by atoms with E-state index in [1.807, 2.05) is 0 Å². The van der Waals surface area contributed by atoms with E-state index in [0.29, 0.717) is 6.29 Å². The van der Waals surface area contributed by atoms with E-state index in [9.17, 15) is 4.79 Å². The smallest absolute Gasteiger partial charge is 0.169 e. The molecule has 32 valence electrons. The molecule has 1 unspecified atom stereocenters. The summed E-state index contributed by atoms with van der Waals surface area (Å²) in [5, 5.41) is 8.06. The van der Waals surface area contributed by atoms with Gasteiger partial charge in [-0.1, -0.05) is 5.92 Å². The number of aliphatic hydroxyl groups excluding tert-OH is 1. The zero-order chi connectivity index (χ0) is 4.99. The minimum Gasteiger partial charge on any atom is -0.373 e. The molecular formula is C4H4O2. The highest BCUT2D eigenvalue weighted by Crippen LogP contribution is 1.63. The Balaban J connectivity index is 3.30. The number of aliphatic hydroxyl groups is 1. The zero-order valence-electron chi connectivity index (χ0n) is 3.09. The van der Waals surface area contributed by atoms with Gasteiger partial charge in [-0.05, 0) is 0 Å². The lowest BCUT2D eigenvalue weighted by atomic mass is 10.4. The number of carbonyl (C=O) groups excluding carboxylic acids is 1. The molecule has 0 aromatic carbocycles. The Kier molecular flexibility index (Phi) is 2.10. The first kappa shape index (κ1) is 5.19. The van der Waals surface area contributed by atoms with Crippen molar-refractivity contribution in [1.29, 1.82) is 0 Å². The Morgan fingerprint density at radius 1 is 2.00 bits per heavy atom. The molecule has 0 saturated heterocycles. The van der Waals surface area contributed by atoms with Gasteiger partial charge in [0.05, 0.1) is 0 Å². The second kappa shape index (κ2) is 2.43. The molecule has 0 aliphatic heterocycles. The molecule has 0 heterocycles. The van der Waals surface area contributed by atoms with Gasteiger partial charge < -0.3 is 5.11 Å². The highest BCUT2D eigenvalue weighted by molar-refractivity contribution is 5.60. The lowest BCUT2D eigenvalue weighted by Crippen LogP contribution is -2.01. The minimum atomic E-state index is -1.22. The molecular weight excluding hydrogens is 80.0 g/mol. The fraction of sp³-hybridized carbons (Fsp3) is 0.250. The van der Waals surface area contributed by atoms with Gasteiger partial charge in [0.15, 0.2) is 12.4 Å². The number of carbonyl (C=O) groups is 1. The highest BCUT2D eigenvalue weighted by Gasteiger charge is 1.87. The average Bonchev–Trinajstić information content (AvgIpc) is 1.65. The summed E-state index contributed by atoms with van der Waals surface area (Å²) < 4.78 is 0. The van der Waals surface area contributed by atoms with Gasteiger partial charge in [-0.25, -0.2) is 0 Å². The molecule has 0 aromatic rings. The van der Waals surface area contributed by atoms with Crippen LogP contribution in [-0.4, -0.2) is 17.5 Å². The quantitative estimate of drug-likeness (QED) is 0.333. The summed E-state index contributed by atoms with van der Waals surface area (Å²) in [6, 6.07) is 0. The van der Waals surface area contributed by atoms with E-state index in [4.69, 9.17) is 5.11 Å². The fourth-order valence-electron chi connectivity index (χ4n) is 0.0393. The Labute approximate surface area is 35.8 Å². The van der Waals surface area contributed by atoms with Crippen molar-refractivity contribution in [3.05, 3.63) is 0 Å². The van der Waals surface area contributed by atoms with Crippen LogP contribution in [0, 0.1) is 12.3 Å². The molecule has 0 fully saturated rings. The van der Waals surface area contributed by atoms with Crippen LogP contribution in [-0.2, 0) is 4.79 Å². The van der Waals surface area contributed by atoms with Crippen molar-refractivity contribution in [2.24, 2.45) is 0 Å². The number of terminal acetylenes is 1. The molecule has 0 rings (SSSR count). The molecule has 1 N–H and O–H groups in total. The van der Waals surface area contributed by atoms with Gasteiger partial charge in [0.2, 0.25) is 0 Å². The number of hydrogen-bond acceptors (Lipinski definition) is 2. The van der Waals surface area contributed by atoms with Crippen LogP contribution in [0.4, 0.5) is 0 Å².